The van der Waals surface area contributed by atoms with Gasteiger partial charge in [0.1, 0.15) is 0 Å². The standard InChI is InChI=1S/C19H31N/c1-6-13-20-18(17-11-8-12-19(17,4)5)16-10-7-9-14(2)15(16)3/h7,9-10,17-18,20H,6,8,11-13H2,1-5H3. The van der Waals surface area contributed by atoms with Crippen molar-refractivity contribution >= 4 is 0 Å². The Morgan fingerprint density at radius 1 is 1.30 bits per heavy atom. The molecule has 2 rings (SSSR count). The number of aryl methyl sites for hydroxylation is 1. The van der Waals surface area contributed by atoms with Gasteiger partial charge < -0.3 is 5.32 Å². The van der Waals surface area contributed by atoms with Crippen molar-refractivity contribution in [3.05, 3.63) is 34.9 Å². The van der Waals surface area contributed by atoms with E-state index in [0.717, 1.165) is 12.5 Å². The normalized spacial score (nSPS) is 22.9. The van der Waals surface area contributed by atoms with Crippen LogP contribution < -0.4 is 5.32 Å². The number of rotatable bonds is 5. The Kier molecular flexibility index (Phi) is 4.90. The zero-order chi connectivity index (χ0) is 14.8. The van der Waals surface area contributed by atoms with E-state index in [-0.39, 0.29) is 0 Å². The summed E-state index contributed by atoms with van der Waals surface area (Å²) in [4.78, 5) is 0. The van der Waals surface area contributed by atoms with Crippen molar-refractivity contribution in [2.45, 2.75) is 66.3 Å². The van der Waals surface area contributed by atoms with Crippen LogP contribution in [-0.2, 0) is 0 Å². The van der Waals surface area contributed by atoms with E-state index in [1.165, 1.54) is 42.4 Å². The molecule has 0 aliphatic heterocycles. The average Bonchev–Trinajstić information content (AvgIpc) is 2.75. The predicted octanol–water partition coefficient (Wildman–Crippen LogP) is 5.17. The molecule has 0 bridgehead atoms. The van der Waals surface area contributed by atoms with Crippen LogP contribution in [-0.4, -0.2) is 6.54 Å². The largest absolute Gasteiger partial charge is 0.310 e. The topological polar surface area (TPSA) is 12.0 Å². The molecule has 1 nitrogen and oxygen atoms in total. The molecule has 2 atom stereocenters. The molecule has 1 N–H and O–H groups in total. The molecule has 1 aliphatic carbocycles. The second kappa shape index (κ2) is 6.30. The Bertz CT molecular complexity index is 447. The Morgan fingerprint density at radius 3 is 2.65 bits per heavy atom. The predicted molar refractivity (Wildman–Crippen MR) is 88.1 cm³/mol. The molecule has 1 aromatic carbocycles. The lowest BCUT2D eigenvalue weighted by Crippen LogP contribution is -2.35. The molecular formula is C19H31N. The minimum Gasteiger partial charge on any atom is -0.310 e. The maximum absolute atomic E-state index is 3.85. The molecule has 1 aromatic rings. The van der Waals surface area contributed by atoms with Crippen LogP contribution >= 0.6 is 0 Å². The van der Waals surface area contributed by atoms with Gasteiger partial charge in [-0.15, -0.1) is 0 Å². The van der Waals surface area contributed by atoms with Crippen LogP contribution in [0.1, 0.15) is 69.2 Å². The van der Waals surface area contributed by atoms with Crippen molar-refractivity contribution in [1.29, 1.82) is 0 Å². The van der Waals surface area contributed by atoms with Crippen LogP contribution in [0.2, 0.25) is 0 Å². The summed E-state index contributed by atoms with van der Waals surface area (Å²) in [5, 5.41) is 3.85. The van der Waals surface area contributed by atoms with Crippen molar-refractivity contribution in [1.82, 2.24) is 5.32 Å². The smallest absolute Gasteiger partial charge is 0.0356 e. The van der Waals surface area contributed by atoms with Crippen molar-refractivity contribution in [3.63, 3.8) is 0 Å². The molecule has 0 saturated heterocycles. The summed E-state index contributed by atoms with van der Waals surface area (Å²) in [6.45, 7) is 12.8. The van der Waals surface area contributed by atoms with Gasteiger partial charge in [0.15, 0.2) is 0 Å². The highest BCUT2D eigenvalue weighted by Crippen LogP contribution is 2.49. The fourth-order valence-electron chi connectivity index (χ4n) is 3.85. The molecule has 1 fully saturated rings. The molecule has 112 valence electrons. The highest BCUT2D eigenvalue weighted by molar-refractivity contribution is 5.36. The lowest BCUT2D eigenvalue weighted by atomic mass is 9.74. The first-order valence-electron chi connectivity index (χ1n) is 8.27. The Balaban J connectivity index is 2.34. The quantitative estimate of drug-likeness (QED) is 0.780. The zero-order valence-corrected chi connectivity index (χ0v) is 13.9. The van der Waals surface area contributed by atoms with Gasteiger partial charge in [0.25, 0.3) is 0 Å². The lowest BCUT2D eigenvalue weighted by molar-refractivity contribution is 0.197. The summed E-state index contributed by atoms with van der Waals surface area (Å²) in [5.41, 5.74) is 4.88. The van der Waals surface area contributed by atoms with Gasteiger partial charge >= 0.3 is 0 Å². The van der Waals surface area contributed by atoms with Crippen LogP contribution in [0.15, 0.2) is 18.2 Å². The first-order chi connectivity index (χ1) is 9.47. The Hall–Kier alpha value is -0.820. The second-order valence-electron chi connectivity index (χ2n) is 7.21. The lowest BCUT2D eigenvalue weighted by Gasteiger charge is -2.36. The van der Waals surface area contributed by atoms with Crippen LogP contribution in [0.4, 0.5) is 0 Å². The number of benzene rings is 1. The van der Waals surface area contributed by atoms with Gasteiger partial charge in [0.2, 0.25) is 0 Å². The van der Waals surface area contributed by atoms with Crippen LogP contribution in [0.5, 0.6) is 0 Å². The summed E-state index contributed by atoms with van der Waals surface area (Å²) in [6.07, 6.45) is 5.32. The van der Waals surface area contributed by atoms with Gasteiger partial charge in [-0.05, 0) is 67.7 Å². The molecule has 0 heterocycles. The fourth-order valence-corrected chi connectivity index (χ4v) is 3.85. The summed E-state index contributed by atoms with van der Waals surface area (Å²) < 4.78 is 0. The van der Waals surface area contributed by atoms with E-state index < -0.39 is 0 Å². The molecule has 0 amide bonds. The van der Waals surface area contributed by atoms with Crippen LogP contribution in [0.3, 0.4) is 0 Å². The van der Waals surface area contributed by atoms with Gasteiger partial charge in [-0.1, -0.05) is 45.4 Å². The first kappa shape index (κ1) is 15.6. The molecule has 0 radical (unpaired) electrons. The third kappa shape index (κ3) is 3.09. The van der Waals surface area contributed by atoms with Crippen molar-refractivity contribution in [2.24, 2.45) is 11.3 Å². The van der Waals surface area contributed by atoms with E-state index in [1.807, 2.05) is 0 Å². The van der Waals surface area contributed by atoms with Gasteiger partial charge in [-0.25, -0.2) is 0 Å². The summed E-state index contributed by atoms with van der Waals surface area (Å²) in [7, 11) is 0. The molecule has 1 saturated carbocycles. The van der Waals surface area contributed by atoms with Crippen LogP contribution in [0.25, 0.3) is 0 Å². The first-order valence-corrected chi connectivity index (χ1v) is 8.27. The molecule has 1 aliphatic rings. The van der Waals surface area contributed by atoms with E-state index in [4.69, 9.17) is 0 Å². The van der Waals surface area contributed by atoms with E-state index in [0.29, 0.717) is 11.5 Å². The minimum absolute atomic E-state index is 0.460. The average molecular weight is 273 g/mol. The van der Waals surface area contributed by atoms with Gasteiger partial charge in [0, 0.05) is 6.04 Å². The third-order valence-electron chi connectivity index (χ3n) is 5.34. The Morgan fingerprint density at radius 2 is 2.05 bits per heavy atom. The maximum Gasteiger partial charge on any atom is 0.0356 e. The van der Waals surface area contributed by atoms with Gasteiger partial charge in [0.05, 0.1) is 0 Å². The Labute approximate surface area is 125 Å². The maximum atomic E-state index is 3.85. The molecule has 0 spiro atoms. The molecule has 2 unspecified atom stereocenters. The number of nitrogens with one attached hydrogen (secondary N) is 1. The van der Waals surface area contributed by atoms with Gasteiger partial charge in [-0.2, -0.15) is 0 Å². The molecule has 20 heavy (non-hydrogen) atoms. The molecule has 1 heteroatoms. The minimum atomic E-state index is 0.460. The van der Waals surface area contributed by atoms with Crippen LogP contribution in [0, 0.1) is 25.2 Å². The summed E-state index contributed by atoms with van der Waals surface area (Å²) in [6, 6.07) is 7.31. The second-order valence-corrected chi connectivity index (χ2v) is 7.21. The van der Waals surface area contributed by atoms with Gasteiger partial charge in [-0.3, -0.25) is 0 Å². The van der Waals surface area contributed by atoms with Crippen molar-refractivity contribution in [3.8, 4) is 0 Å². The van der Waals surface area contributed by atoms with E-state index in [2.05, 4.69) is 58.1 Å². The van der Waals surface area contributed by atoms with E-state index in [9.17, 15) is 0 Å². The van der Waals surface area contributed by atoms with Crippen molar-refractivity contribution in [2.75, 3.05) is 6.54 Å². The third-order valence-corrected chi connectivity index (χ3v) is 5.34. The monoisotopic (exact) mass is 273 g/mol. The SMILES string of the molecule is CCCNC(c1cccc(C)c1C)C1CCCC1(C)C. The highest BCUT2D eigenvalue weighted by Gasteiger charge is 2.40. The summed E-state index contributed by atoms with van der Waals surface area (Å²) in [5.74, 6) is 0.759. The zero-order valence-electron chi connectivity index (χ0n) is 13.9. The molecule has 0 aromatic heterocycles. The summed E-state index contributed by atoms with van der Waals surface area (Å²) >= 11 is 0. The van der Waals surface area contributed by atoms with E-state index >= 15 is 0 Å². The van der Waals surface area contributed by atoms with E-state index in [1.54, 1.807) is 0 Å². The van der Waals surface area contributed by atoms with Crippen molar-refractivity contribution < 1.29 is 0 Å². The fraction of sp³-hybridized carbons (Fsp3) is 0.684. The number of hydrogen-bond acceptors (Lipinski definition) is 1. The molecular weight excluding hydrogens is 242 g/mol. The highest BCUT2D eigenvalue weighted by atomic mass is 14.9. The number of hydrogen-bond donors (Lipinski definition) is 1.